The number of hydrazine groups is 1. The number of unbranched alkanes of at least 4 members (excludes halogenated alkanes) is 4. The molecule has 0 spiro atoms. The fourth-order valence-electron chi connectivity index (χ4n) is 1.63. The molecule has 0 radical (unpaired) electrons. The van der Waals surface area contributed by atoms with Crippen molar-refractivity contribution in [2.75, 3.05) is 5.43 Å². The number of anilines is 1. The van der Waals surface area contributed by atoms with Crippen LogP contribution in [0.3, 0.4) is 0 Å². The Morgan fingerprint density at radius 3 is 2.44 bits per heavy atom. The lowest BCUT2D eigenvalue weighted by Crippen LogP contribution is -2.28. The van der Waals surface area contributed by atoms with E-state index in [9.17, 15) is 9.18 Å². The summed E-state index contributed by atoms with van der Waals surface area (Å²) in [7, 11) is 0. The van der Waals surface area contributed by atoms with E-state index in [-0.39, 0.29) is 11.7 Å². The van der Waals surface area contributed by atoms with Crippen LogP contribution in [0.15, 0.2) is 24.3 Å². The van der Waals surface area contributed by atoms with Gasteiger partial charge in [0.2, 0.25) is 5.91 Å². The highest BCUT2D eigenvalue weighted by atomic mass is 19.1. The first-order valence-corrected chi connectivity index (χ1v) is 6.53. The van der Waals surface area contributed by atoms with E-state index in [1.165, 1.54) is 31.4 Å². The number of amides is 1. The Kier molecular flexibility index (Phi) is 6.84. The monoisotopic (exact) mass is 252 g/mol. The van der Waals surface area contributed by atoms with Crippen LogP contribution in [0.4, 0.5) is 10.1 Å². The van der Waals surface area contributed by atoms with Crippen molar-refractivity contribution in [2.45, 2.75) is 45.4 Å². The highest BCUT2D eigenvalue weighted by molar-refractivity contribution is 5.77. The van der Waals surface area contributed by atoms with Crippen LogP contribution in [0.2, 0.25) is 0 Å². The smallest absolute Gasteiger partial charge is 0.238 e. The zero-order chi connectivity index (χ0) is 13.2. The van der Waals surface area contributed by atoms with Gasteiger partial charge in [-0.3, -0.25) is 15.6 Å². The quantitative estimate of drug-likeness (QED) is 0.548. The molecule has 0 heterocycles. The molecule has 1 rings (SSSR count). The van der Waals surface area contributed by atoms with Crippen LogP contribution in [0, 0.1) is 5.82 Å². The van der Waals surface area contributed by atoms with Crippen molar-refractivity contribution < 1.29 is 9.18 Å². The number of carbonyl (C=O) groups is 1. The number of nitrogens with one attached hydrogen (secondary N) is 2. The summed E-state index contributed by atoms with van der Waals surface area (Å²) in [6.07, 6.45) is 6.16. The first-order chi connectivity index (χ1) is 8.72. The van der Waals surface area contributed by atoms with Crippen LogP contribution in [0.25, 0.3) is 0 Å². The van der Waals surface area contributed by atoms with Crippen molar-refractivity contribution in [3.63, 3.8) is 0 Å². The normalized spacial score (nSPS) is 10.1. The zero-order valence-electron chi connectivity index (χ0n) is 10.8. The van der Waals surface area contributed by atoms with Gasteiger partial charge in [-0.2, -0.15) is 0 Å². The van der Waals surface area contributed by atoms with Gasteiger partial charge in [0.25, 0.3) is 0 Å². The molecule has 0 saturated carbocycles. The maximum absolute atomic E-state index is 12.6. The number of rotatable bonds is 8. The number of hydrogen-bond acceptors (Lipinski definition) is 2. The minimum atomic E-state index is -0.289. The van der Waals surface area contributed by atoms with Gasteiger partial charge in [0, 0.05) is 6.42 Å². The lowest BCUT2D eigenvalue weighted by Gasteiger charge is -2.08. The molecule has 0 saturated heterocycles. The van der Waals surface area contributed by atoms with Crippen LogP contribution in [-0.4, -0.2) is 5.91 Å². The SMILES string of the molecule is CCCCCCCC(=O)NNc1ccc(F)cc1. The van der Waals surface area contributed by atoms with Crippen LogP contribution in [0.5, 0.6) is 0 Å². The van der Waals surface area contributed by atoms with Gasteiger partial charge in [-0.25, -0.2) is 4.39 Å². The van der Waals surface area contributed by atoms with Crippen molar-refractivity contribution in [3.05, 3.63) is 30.1 Å². The Bertz CT molecular complexity index is 351. The molecule has 2 N–H and O–H groups in total. The van der Waals surface area contributed by atoms with E-state index in [0.717, 1.165) is 12.8 Å². The van der Waals surface area contributed by atoms with E-state index < -0.39 is 0 Å². The molecule has 0 atom stereocenters. The zero-order valence-corrected chi connectivity index (χ0v) is 10.8. The predicted octanol–water partition coefficient (Wildman–Crippen LogP) is 3.63. The number of carbonyl (C=O) groups excluding carboxylic acids is 1. The predicted molar refractivity (Wildman–Crippen MR) is 71.5 cm³/mol. The van der Waals surface area contributed by atoms with Gasteiger partial charge >= 0.3 is 0 Å². The molecule has 1 aromatic rings. The van der Waals surface area contributed by atoms with E-state index in [1.807, 2.05) is 0 Å². The topological polar surface area (TPSA) is 41.1 Å². The molecule has 18 heavy (non-hydrogen) atoms. The summed E-state index contributed by atoms with van der Waals surface area (Å²) >= 11 is 0. The van der Waals surface area contributed by atoms with Gasteiger partial charge in [-0.05, 0) is 30.7 Å². The van der Waals surface area contributed by atoms with E-state index in [4.69, 9.17) is 0 Å². The molecule has 0 aliphatic heterocycles. The average Bonchev–Trinajstić information content (AvgIpc) is 2.38. The van der Waals surface area contributed by atoms with Crippen LogP contribution < -0.4 is 10.9 Å². The first kappa shape index (κ1) is 14.5. The van der Waals surface area contributed by atoms with Crippen molar-refractivity contribution in [2.24, 2.45) is 0 Å². The first-order valence-electron chi connectivity index (χ1n) is 6.53. The van der Waals surface area contributed by atoms with Gasteiger partial charge < -0.3 is 0 Å². The third-order valence-electron chi connectivity index (χ3n) is 2.70. The summed E-state index contributed by atoms with van der Waals surface area (Å²) in [5.74, 6) is -0.321. The van der Waals surface area contributed by atoms with Gasteiger partial charge in [-0.1, -0.05) is 32.6 Å². The van der Waals surface area contributed by atoms with Crippen molar-refractivity contribution >= 4 is 11.6 Å². The summed E-state index contributed by atoms with van der Waals surface area (Å²) < 4.78 is 12.6. The summed E-state index contributed by atoms with van der Waals surface area (Å²) in [4.78, 5) is 11.5. The van der Waals surface area contributed by atoms with Crippen LogP contribution in [-0.2, 0) is 4.79 Å². The fourth-order valence-corrected chi connectivity index (χ4v) is 1.63. The minimum absolute atomic E-state index is 0.0316. The van der Waals surface area contributed by atoms with Gasteiger partial charge in [-0.15, -0.1) is 0 Å². The molecular weight excluding hydrogens is 231 g/mol. The second-order valence-corrected chi connectivity index (χ2v) is 4.34. The van der Waals surface area contributed by atoms with Crippen molar-refractivity contribution in [1.82, 2.24) is 5.43 Å². The van der Waals surface area contributed by atoms with Crippen LogP contribution >= 0.6 is 0 Å². The Balaban J connectivity index is 2.11. The Morgan fingerprint density at radius 2 is 1.78 bits per heavy atom. The second kappa shape index (κ2) is 8.50. The largest absolute Gasteiger partial charge is 0.299 e. The Morgan fingerprint density at radius 1 is 1.11 bits per heavy atom. The van der Waals surface area contributed by atoms with E-state index in [1.54, 1.807) is 12.1 Å². The van der Waals surface area contributed by atoms with E-state index in [2.05, 4.69) is 17.8 Å². The molecule has 0 fully saturated rings. The number of hydrogen-bond donors (Lipinski definition) is 2. The van der Waals surface area contributed by atoms with E-state index in [0.29, 0.717) is 12.1 Å². The molecular formula is C14H21FN2O. The standard InChI is InChI=1S/C14H21FN2O/c1-2-3-4-5-6-7-14(18)17-16-13-10-8-12(15)9-11-13/h8-11,16H,2-7H2,1H3,(H,17,18). The highest BCUT2D eigenvalue weighted by Crippen LogP contribution is 2.07. The molecule has 0 aliphatic carbocycles. The second-order valence-electron chi connectivity index (χ2n) is 4.34. The lowest BCUT2D eigenvalue weighted by atomic mass is 10.1. The number of halogens is 1. The van der Waals surface area contributed by atoms with Crippen molar-refractivity contribution in [3.8, 4) is 0 Å². The third kappa shape index (κ3) is 6.23. The molecule has 0 aromatic heterocycles. The number of benzene rings is 1. The summed E-state index contributed by atoms with van der Waals surface area (Å²) in [5.41, 5.74) is 6.03. The molecule has 0 aliphatic rings. The maximum Gasteiger partial charge on any atom is 0.238 e. The molecule has 4 heteroatoms. The van der Waals surface area contributed by atoms with Gasteiger partial charge in [0.15, 0.2) is 0 Å². The van der Waals surface area contributed by atoms with Gasteiger partial charge in [0.05, 0.1) is 5.69 Å². The third-order valence-corrected chi connectivity index (χ3v) is 2.70. The van der Waals surface area contributed by atoms with Crippen LogP contribution in [0.1, 0.15) is 45.4 Å². The maximum atomic E-state index is 12.6. The summed E-state index contributed by atoms with van der Waals surface area (Å²) in [5, 5.41) is 0. The average molecular weight is 252 g/mol. The Labute approximate surface area is 108 Å². The lowest BCUT2D eigenvalue weighted by molar-refractivity contribution is -0.120. The highest BCUT2D eigenvalue weighted by Gasteiger charge is 2.00. The van der Waals surface area contributed by atoms with E-state index >= 15 is 0 Å². The van der Waals surface area contributed by atoms with Gasteiger partial charge in [0.1, 0.15) is 5.82 Å². The van der Waals surface area contributed by atoms with Crippen molar-refractivity contribution in [1.29, 1.82) is 0 Å². The molecule has 0 unspecified atom stereocenters. The summed E-state index contributed by atoms with van der Waals surface area (Å²) in [6.45, 7) is 2.17. The molecule has 1 aromatic carbocycles. The Hall–Kier alpha value is -1.58. The minimum Gasteiger partial charge on any atom is -0.299 e. The fraction of sp³-hybridized carbons (Fsp3) is 0.500. The molecule has 3 nitrogen and oxygen atoms in total. The molecule has 0 bridgehead atoms. The molecule has 1 amide bonds. The molecule has 100 valence electrons. The summed E-state index contributed by atoms with van der Waals surface area (Å²) in [6, 6.07) is 5.85.